The standard InChI is InChI=1S/C22H13NO2/c24-21-16-7-3-4-8-17(16)22(25)20(21)19-12-10-15-14-6-2-1-5-13(14)9-11-18(15)23-19/h1-12,24H. The first-order valence-electron chi connectivity index (χ1n) is 8.10. The van der Waals surface area contributed by atoms with Crippen molar-refractivity contribution in [3.8, 4) is 0 Å². The quantitative estimate of drug-likeness (QED) is 0.501. The highest BCUT2D eigenvalue weighted by Gasteiger charge is 2.31. The van der Waals surface area contributed by atoms with Crippen LogP contribution in [0.15, 0.2) is 72.8 Å². The van der Waals surface area contributed by atoms with Gasteiger partial charge in [0, 0.05) is 16.5 Å². The lowest BCUT2D eigenvalue weighted by Gasteiger charge is -2.06. The van der Waals surface area contributed by atoms with E-state index in [1.165, 1.54) is 0 Å². The van der Waals surface area contributed by atoms with E-state index in [0.29, 0.717) is 16.8 Å². The van der Waals surface area contributed by atoms with Gasteiger partial charge >= 0.3 is 0 Å². The fourth-order valence-corrected chi connectivity index (χ4v) is 3.53. The molecule has 0 aliphatic heterocycles. The predicted molar refractivity (Wildman–Crippen MR) is 99.5 cm³/mol. The molecule has 1 aliphatic rings. The molecule has 5 rings (SSSR count). The van der Waals surface area contributed by atoms with Gasteiger partial charge in [0.2, 0.25) is 0 Å². The number of fused-ring (bicyclic) bond motifs is 4. The molecule has 0 fully saturated rings. The highest BCUT2D eigenvalue weighted by molar-refractivity contribution is 6.38. The lowest BCUT2D eigenvalue weighted by Crippen LogP contribution is -2.00. The minimum absolute atomic E-state index is 0.00763. The number of allylic oxidation sites excluding steroid dienone is 1. The third-order valence-corrected chi connectivity index (χ3v) is 4.74. The van der Waals surface area contributed by atoms with Gasteiger partial charge in [-0.1, -0.05) is 60.7 Å². The summed E-state index contributed by atoms with van der Waals surface area (Å²) in [5.41, 5.74) is 2.68. The predicted octanol–water partition coefficient (Wildman–Crippen LogP) is 5.01. The maximum atomic E-state index is 12.7. The molecular weight excluding hydrogens is 310 g/mol. The molecule has 0 saturated heterocycles. The fraction of sp³-hybridized carbons (Fsp3) is 0. The molecule has 0 spiro atoms. The van der Waals surface area contributed by atoms with Crippen molar-refractivity contribution in [3.63, 3.8) is 0 Å². The van der Waals surface area contributed by atoms with Crippen molar-refractivity contribution in [2.45, 2.75) is 0 Å². The SMILES string of the molecule is O=C1C(c2ccc3c(ccc4ccccc43)n2)=C(O)c2ccccc21. The summed E-state index contributed by atoms with van der Waals surface area (Å²) in [5, 5.41) is 13.8. The first-order valence-corrected chi connectivity index (χ1v) is 8.10. The second-order valence-corrected chi connectivity index (χ2v) is 6.15. The summed E-state index contributed by atoms with van der Waals surface area (Å²) in [4.78, 5) is 17.4. The van der Waals surface area contributed by atoms with E-state index in [9.17, 15) is 9.90 Å². The topological polar surface area (TPSA) is 50.2 Å². The van der Waals surface area contributed by atoms with Crippen LogP contribution in [0.5, 0.6) is 0 Å². The lowest BCUT2D eigenvalue weighted by atomic mass is 10.0. The number of carbonyl (C=O) groups is 1. The summed E-state index contributed by atoms with van der Waals surface area (Å²) < 4.78 is 0. The highest BCUT2D eigenvalue weighted by atomic mass is 16.3. The van der Waals surface area contributed by atoms with Crippen LogP contribution in [-0.2, 0) is 0 Å². The molecule has 0 bridgehead atoms. The molecule has 0 atom stereocenters. The largest absolute Gasteiger partial charge is 0.506 e. The number of aromatic nitrogens is 1. The van der Waals surface area contributed by atoms with Gasteiger partial charge in [-0.2, -0.15) is 0 Å². The normalized spacial score (nSPS) is 13.7. The summed E-state index contributed by atoms with van der Waals surface area (Å²) in [6.07, 6.45) is 0. The molecule has 3 heteroatoms. The van der Waals surface area contributed by atoms with E-state index in [1.54, 1.807) is 18.2 Å². The molecule has 0 amide bonds. The Balaban J connectivity index is 1.74. The number of aliphatic hydroxyl groups is 1. The summed E-state index contributed by atoms with van der Waals surface area (Å²) in [7, 11) is 0. The average molecular weight is 323 g/mol. The summed E-state index contributed by atoms with van der Waals surface area (Å²) in [6, 6.07) is 23.0. The van der Waals surface area contributed by atoms with Crippen molar-refractivity contribution in [3.05, 3.63) is 89.6 Å². The molecule has 1 aliphatic carbocycles. The molecule has 3 aromatic carbocycles. The van der Waals surface area contributed by atoms with Crippen LogP contribution in [0.2, 0.25) is 0 Å². The van der Waals surface area contributed by atoms with Crippen molar-refractivity contribution < 1.29 is 9.90 Å². The molecule has 1 aromatic heterocycles. The number of pyridine rings is 1. The van der Waals surface area contributed by atoms with Gasteiger partial charge in [0.15, 0.2) is 5.78 Å². The number of rotatable bonds is 1. The van der Waals surface area contributed by atoms with Gasteiger partial charge in [-0.3, -0.25) is 4.79 Å². The molecular formula is C22H13NO2. The van der Waals surface area contributed by atoms with E-state index in [2.05, 4.69) is 17.1 Å². The number of carbonyl (C=O) groups excluding carboxylic acids is 1. The lowest BCUT2D eigenvalue weighted by molar-refractivity contribution is 0.105. The molecule has 25 heavy (non-hydrogen) atoms. The molecule has 1 heterocycles. The molecule has 118 valence electrons. The van der Waals surface area contributed by atoms with Crippen LogP contribution >= 0.6 is 0 Å². The number of ketones is 1. The van der Waals surface area contributed by atoms with Gasteiger partial charge in [0.05, 0.1) is 16.8 Å². The second-order valence-electron chi connectivity index (χ2n) is 6.15. The minimum atomic E-state index is -0.180. The Bertz CT molecular complexity index is 1220. The number of hydrogen-bond acceptors (Lipinski definition) is 3. The van der Waals surface area contributed by atoms with Crippen LogP contribution in [0.25, 0.3) is 33.0 Å². The van der Waals surface area contributed by atoms with Crippen LogP contribution in [0.4, 0.5) is 0 Å². The summed E-state index contributed by atoms with van der Waals surface area (Å²) in [5.74, 6) is -0.172. The number of benzene rings is 3. The Morgan fingerprint density at radius 3 is 2.32 bits per heavy atom. The third-order valence-electron chi connectivity index (χ3n) is 4.74. The molecule has 0 radical (unpaired) electrons. The first kappa shape index (κ1) is 13.9. The van der Waals surface area contributed by atoms with Crippen LogP contribution < -0.4 is 0 Å². The Morgan fingerprint density at radius 2 is 1.48 bits per heavy atom. The van der Waals surface area contributed by atoms with E-state index in [1.807, 2.05) is 42.5 Å². The zero-order chi connectivity index (χ0) is 17.0. The average Bonchev–Trinajstić information content (AvgIpc) is 2.92. The monoisotopic (exact) mass is 323 g/mol. The van der Waals surface area contributed by atoms with Crippen molar-refractivity contribution in [1.82, 2.24) is 4.98 Å². The fourth-order valence-electron chi connectivity index (χ4n) is 3.53. The second kappa shape index (κ2) is 5.02. The Hall–Kier alpha value is -3.46. The van der Waals surface area contributed by atoms with E-state index in [0.717, 1.165) is 21.7 Å². The number of nitrogens with zero attached hydrogens (tertiary/aromatic N) is 1. The van der Waals surface area contributed by atoms with Crippen molar-refractivity contribution in [2.24, 2.45) is 0 Å². The van der Waals surface area contributed by atoms with E-state index >= 15 is 0 Å². The first-order chi connectivity index (χ1) is 12.2. The Kier molecular flexibility index (Phi) is 2.80. The van der Waals surface area contributed by atoms with Gasteiger partial charge in [-0.15, -0.1) is 0 Å². The maximum absolute atomic E-state index is 12.7. The van der Waals surface area contributed by atoms with Gasteiger partial charge in [-0.25, -0.2) is 4.98 Å². The van der Waals surface area contributed by atoms with Crippen molar-refractivity contribution >= 4 is 38.8 Å². The van der Waals surface area contributed by atoms with Crippen LogP contribution in [0.3, 0.4) is 0 Å². The zero-order valence-corrected chi connectivity index (χ0v) is 13.2. The Morgan fingerprint density at radius 1 is 0.720 bits per heavy atom. The van der Waals surface area contributed by atoms with Crippen molar-refractivity contribution in [1.29, 1.82) is 0 Å². The minimum Gasteiger partial charge on any atom is -0.506 e. The highest BCUT2D eigenvalue weighted by Crippen LogP contribution is 2.36. The zero-order valence-electron chi connectivity index (χ0n) is 13.2. The molecule has 0 unspecified atom stereocenters. The molecule has 3 nitrogen and oxygen atoms in total. The van der Waals surface area contributed by atoms with Crippen LogP contribution in [0.1, 0.15) is 21.6 Å². The number of Topliss-reactive ketones (excluding diaryl/α,β-unsaturated/α-hetero) is 1. The van der Waals surface area contributed by atoms with Crippen LogP contribution in [-0.4, -0.2) is 15.9 Å². The maximum Gasteiger partial charge on any atom is 0.199 e. The van der Waals surface area contributed by atoms with E-state index in [4.69, 9.17) is 0 Å². The summed E-state index contributed by atoms with van der Waals surface area (Å²) in [6.45, 7) is 0. The van der Waals surface area contributed by atoms with Gasteiger partial charge in [-0.05, 0) is 22.9 Å². The third kappa shape index (κ3) is 1.93. The van der Waals surface area contributed by atoms with E-state index in [-0.39, 0.29) is 17.1 Å². The summed E-state index contributed by atoms with van der Waals surface area (Å²) >= 11 is 0. The van der Waals surface area contributed by atoms with Gasteiger partial charge < -0.3 is 5.11 Å². The molecule has 1 N–H and O–H groups in total. The van der Waals surface area contributed by atoms with Gasteiger partial charge in [0.25, 0.3) is 0 Å². The number of hydrogen-bond donors (Lipinski definition) is 1. The molecule has 4 aromatic rings. The smallest absolute Gasteiger partial charge is 0.199 e. The number of aliphatic hydroxyl groups excluding tert-OH is 1. The Labute approximate surface area is 143 Å². The van der Waals surface area contributed by atoms with Crippen molar-refractivity contribution in [2.75, 3.05) is 0 Å². The van der Waals surface area contributed by atoms with Crippen LogP contribution in [0, 0.1) is 0 Å². The van der Waals surface area contributed by atoms with Gasteiger partial charge in [0.1, 0.15) is 5.76 Å². The molecule has 0 saturated carbocycles. The van der Waals surface area contributed by atoms with E-state index < -0.39 is 0 Å².